The van der Waals surface area contributed by atoms with Crippen LogP contribution in [0.5, 0.6) is 0 Å². The van der Waals surface area contributed by atoms with Crippen molar-refractivity contribution in [3.8, 4) is 0 Å². The number of ether oxygens (including phenoxy) is 1. The molecule has 0 bridgehead atoms. The Balaban J connectivity index is 1.65. The smallest absolute Gasteiger partial charge is 0.338 e. The number of hydrogen-bond acceptors (Lipinski definition) is 5. The topological polar surface area (TPSA) is 80.8 Å². The second-order valence-corrected chi connectivity index (χ2v) is 9.04. The minimum absolute atomic E-state index is 0.118. The van der Waals surface area contributed by atoms with Crippen LogP contribution < -0.4 is 0 Å². The first kappa shape index (κ1) is 20.8. The summed E-state index contributed by atoms with van der Waals surface area (Å²) in [4.78, 5) is 24.5. The maximum absolute atomic E-state index is 12.5. The van der Waals surface area contributed by atoms with Crippen molar-refractivity contribution in [2.75, 3.05) is 19.7 Å². The molecule has 0 radical (unpaired) electrons. The number of rotatable bonds is 6. The summed E-state index contributed by atoms with van der Waals surface area (Å²) < 4.78 is 31.4. The zero-order chi connectivity index (χ0) is 20.3. The van der Waals surface area contributed by atoms with Gasteiger partial charge in [0.2, 0.25) is 15.8 Å². The van der Waals surface area contributed by atoms with Crippen molar-refractivity contribution in [2.24, 2.45) is 0 Å². The maximum Gasteiger partial charge on any atom is 0.338 e. The maximum atomic E-state index is 12.5. The van der Waals surface area contributed by atoms with Gasteiger partial charge in [0.25, 0.3) is 0 Å². The van der Waals surface area contributed by atoms with Crippen molar-refractivity contribution in [1.82, 2.24) is 4.31 Å². The van der Waals surface area contributed by atoms with Crippen LogP contribution in [0.25, 0.3) is 0 Å². The molecule has 0 saturated carbocycles. The molecular formula is C19H17Cl2NO5S. The number of carbonyl (C=O) groups excluding carboxylic acids is 2. The van der Waals surface area contributed by atoms with Gasteiger partial charge in [-0.3, -0.25) is 4.79 Å². The Hall–Kier alpha value is -1.93. The van der Waals surface area contributed by atoms with Gasteiger partial charge in [-0.1, -0.05) is 23.2 Å². The van der Waals surface area contributed by atoms with Crippen LogP contribution in [0.15, 0.2) is 47.4 Å². The molecule has 0 aromatic heterocycles. The van der Waals surface area contributed by atoms with Gasteiger partial charge in [0.05, 0.1) is 15.5 Å². The molecule has 9 heteroatoms. The van der Waals surface area contributed by atoms with Crippen LogP contribution in [-0.2, 0) is 14.8 Å². The molecule has 0 atom stereocenters. The molecule has 28 heavy (non-hydrogen) atoms. The van der Waals surface area contributed by atoms with Crippen molar-refractivity contribution in [2.45, 2.75) is 17.7 Å². The first-order valence-corrected chi connectivity index (χ1v) is 10.7. The number of hydrogen-bond donors (Lipinski definition) is 0. The number of benzene rings is 2. The van der Waals surface area contributed by atoms with Gasteiger partial charge in [-0.2, -0.15) is 4.31 Å². The van der Waals surface area contributed by atoms with Crippen LogP contribution in [0, 0.1) is 0 Å². The van der Waals surface area contributed by atoms with E-state index in [1.807, 2.05) is 0 Å². The first-order chi connectivity index (χ1) is 13.3. The summed E-state index contributed by atoms with van der Waals surface area (Å²) in [5, 5.41) is 0.552. The molecule has 3 rings (SSSR count). The van der Waals surface area contributed by atoms with Gasteiger partial charge in [-0.15, -0.1) is 0 Å². The third kappa shape index (κ3) is 4.55. The highest BCUT2D eigenvalue weighted by Crippen LogP contribution is 2.22. The molecule has 2 aromatic rings. The van der Waals surface area contributed by atoms with E-state index < -0.39 is 28.4 Å². The molecule has 0 N–H and O–H groups in total. The van der Waals surface area contributed by atoms with Crippen LogP contribution in [-0.4, -0.2) is 44.2 Å². The number of nitrogens with zero attached hydrogens (tertiary/aromatic N) is 1. The van der Waals surface area contributed by atoms with Gasteiger partial charge in [0.15, 0.2) is 6.61 Å². The van der Waals surface area contributed by atoms with Crippen LogP contribution in [0.2, 0.25) is 10.0 Å². The molecule has 0 aliphatic carbocycles. The van der Waals surface area contributed by atoms with Crippen molar-refractivity contribution in [3.05, 3.63) is 63.6 Å². The van der Waals surface area contributed by atoms with Crippen LogP contribution in [0.4, 0.5) is 0 Å². The Morgan fingerprint density at radius 3 is 2.29 bits per heavy atom. The normalized spacial score (nSPS) is 14.8. The lowest BCUT2D eigenvalue weighted by Gasteiger charge is -2.15. The molecule has 148 valence electrons. The van der Waals surface area contributed by atoms with Crippen molar-refractivity contribution in [3.63, 3.8) is 0 Å². The highest BCUT2D eigenvalue weighted by Gasteiger charge is 2.27. The second kappa shape index (κ2) is 8.61. The van der Waals surface area contributed by atoms with Gasteiger partial charge in [0.1, 0.15) is 0 Å². The van der Waals surface area contributed by atoms with E-state index in [0.717, 1.165) is 12.8 Å². The van der Waals surface area contributed by atoms with Crippen molar-refractivity contribution in [1.29, 1.82) is 0 Å². The van der Waals surface area contributed by atoms with Crippen LogP contribution >= 0.6 is 23.2 Å². The Morgan fingerprint density at radius 1 is 1.00 bits per heavy atom. The monoisotopic (exact) mass is 441 g/mol. The average molecular weight is 442 g/mol. The molecule has 1 saturated heterocycles. The van der Waals surface area contributed by atoms with E-state index in [1.165, 1.54) is 40.7 Å². The number of sulfonamides is 1. The molecule has 1 heterocycles. The summed E-state index contributed by atoms with van der Waals surface area (Å²) in [5.41, 5.74) is 0.305. The summed E-state index contributed by atoms with van der Waals surface area (Å²) in [6.45, 7) is 0.493. The third-order valence-corrected chi connectivity index (χ3v) is 6.83. The highest BCUT2D eigenvalue weighted by atomic mass is 35.5. The van der Waals surface area contributed by atoms with E-state index in [9.17, 15) is 18.0 Å². The third-order valence-electron chi connectivity index (χ3n) is 4.36. The molecule has 2 aromatic carbocycles. The lowest BCUT2D eigenvalue weighted by Crippen LogP contribution is -2.27. The van der Waals surface area contributed by atoms with Crippen molar-refractivity contribution >= 4 is 45.0 Å². The molecule has 0 spiro atoms. The number of ketones is 1. The number of halogens is 2. The minimum Gasteiger partial charge on any atom is -0.454 e. The quantitative estimate of drug-likeness (QED) is 0.502. The fourth-order valence-electron chi connectivity index (χ4n) is 2.84. The van der Waals surface area contributed by atoms with Crippen molar-refractivity contribution < 1.29 is 22.7 Å². The summed E-state index contributed by atoms with van der Waals surface area (Å²) in [6, 6.07) is 9.88. The predicted octanol–water partition coefficient (Wildman–Crippen LogP) is 3.82. The zero-order valence-corrected chi connectivity index (χ0v) is 17.1. The van der Waals surface area contributed by atoms with E-state index in [-0.39, 0.29) is 21.0 Å². The lowest BCUT2D eigenvalue weighted by atomic mass is 10.1. The predicted molar refractivity (Wildman–Crippen MR) is 106 cm³/mol. The molecular weight excluding hydrogens is 425 g/mol. The number of carbonyl (C=O) groups is 2. The summed E-state index contributed by atoms with van der Waals surface area (Å²) >= 11 is 11.8. The molecule has 0 unspecified atom stereocenters. The largest absolute Gasteiger partial charge is 0.454 e. The fraction of sp³-hybridized carbons (Fsp3) is 0.263. The fourth-order valence-corrected chi connectivity index (χ4v) is 4.76. The van der Waals surface area contributed by atoms with E-state index in [1.54, 1.807) is 6.07 Å². The van der Waals surface area contributed by atoms with Gasteiger partial charge in [-0.05, 0) is 55.3 Å². The van der Waals surface area contributed by atoms with E-state index in [4.69, 9.17) is 27.9 Å². The van der Waals surface area contributed by atoms with Crippen LogP contribution in [0.3, 0.4) is 0 Å². The summed E-state index contributed by atoms with van der Waals surface area (Å²) in [7, 11) is -3.55. The van der Waals surface area contributed by atoms with Crippen LogP contribution in [0.1, 0.15) is 33.6 Å². The standard InChI is InChI=1S/C19H17Cl2NO5S/c20-14-5-8-17(21)16(11-14)18(23)12-27-19(24)13-3-6-15(7-4-13)28(25,26)22-9-1-2-10-22/h3-8,11H,1-2,9-10,12H2. The number of esters is 1. The van der Waals surface area contributed by atoms with E-state index in [2.05, 4.69) is 0 Å². The molecule has 1 aliphatic heterocycles. The number of Topliss-reactive ketones (excluding diaryl/α,β-unsaturated/α-hetero) is 1. The van der Waals surface area contributed by atoms with E-state index >= 15 is 0 Å². The lowest BCUT2D eigenvalue weighted by molar-refractivity contribution is 0.0474. The second-order valence-electron chi connectivity index (χ2n) is 6.26. The minimum atomic E-state index is -3.55. The molecule has 1 aliphatic rings. The Kier molecular flexibility index (Phi) is 6.40. The Morgan fingerprint density at radius 2 is 1.64 bits per heavy atom. The van der Waals surface area contributed by atoms with Gasteiger partial charge in [-0.25, -0.2) is 13.2 Å². The molecule has 0 amide bonds. The van der Waals surface area contributed by atoms with E-state index in [0.29, 0.717) is 18.1 Å². The summed E-state index contributed by atoms with van der Waals surface area (Å²) in [6.07, 6.45) is 1.68. The summed E-state index contributed by atoms with van der Waals surface area (Å²) in [5.74, 6) is -1.23. The zero-order valence-electron chi connectivity index (χ0n) is 14.7. The average Bonchev–Trinajstić information content (AvgIpc) is 3.23. The Bertz CT molecular complexity index is 999. The SMILES string of the molecule is O=C(OCC(=O)c1cc(Cl)ccc1Cl)c1ccc(S(=O)(=O)N2CCCC2)cc1. The van der Waals surface area contributed by atoms with Gasteiger partial charge in [0, 0.05) is 23.7 Å². The highest BCUT2D eigenvalue weighted by molar-refractivity contribution is 7.89. The first-order valence-electron chi connectivity index (χ1n) is 8.54. The molecule has 6 nitrogen and oxygen atoms in total. The molecule has 1 fully saturated rings. The van der Waals surface area contributed by atoms with Gasteiger partial charge < -0.3 is 4.74 Å². The van der Waals surface area contributed by atoms with Gasteiger partial charge >= 0.3 is 5.97 Å². The Labute approximate surface area is 173 Å².